The zero-order valence-corrected chi connectivity index (χ0v) is 23.7. The fraction of sp³-hybridized carbons (Fsp3) is 0.333. The standard InChI is InChI=1S/C30H34FN3O6S/c1-21(2)18-33(41(38,39)25-15-13-23(31)14-16-25)19-27(35)26(17-22-9-5-3-6-10-22)32-29(36)28-20-34(30(37)40-28)24-11-7-4-8-12-24/h3-16,21,26-28,35H,17-20H2,1-2H3,(H,32,36)/t26-,27+,28-/m0/s1. The van der Waals surface area contributed by atoms with Crippen molar-refractivity contribution in [3.8, 4) is 0 Å². The monoisotopic (exact) mass is 583 g/mol. The molecule has 3 aromatic rings. The van der Waals surface area contributed by atoms with Gasteiger partial charge in [0, 0.05) is 18.8 Å². The number of nitrogens with zero attached hydrogens (tertiary/aromatic N) is 2. The number of hydrogen-bond donors (Lipinski definition) is 2. The van der Waals surface area contributed by atoms with Gasteiger partial charge in [-0.05, 0) is 54.3 Å². The Kier molecular flexibility index (Phi) is 9.74. The first kappa shape index (κ1) is 30.2. The summed E-state index contributed by atoms with van der Waals surface area (Å²) in [7, 11) is -4.09. The molecule has 2 N–H and O–H groups in total. The van der Waals surface area contributed by atoms with Crippen molar-refractivity contribution in [1.82, 2.24) is 9.62 Å². The molecule has 41 heavy (non-hydrogen) atoms. The number of sulfonamides is 1. The van der Waals surface area contributed by atoms with E-state index in [2.05, 4.69) is 5.32 Å². The van der Waals surface area contributed by atoms with Gasteiger partial charge in [-0.3, -0.25) is 9.69 Å². The summed E-state index contributed by atoms with van der Waals surface area (Å²) in [5.41, 5.74) is 1.40. The van der Waals surface area contributed by atoms with E-state index in [1.807, 2.05) is 50.2 Å². The zero-order valence-electron chi connectivity index (χ0n) is 22.9. The van der Waals surface area contributed by atoms with E-state index in [1.54, 1.807) is 24.3 Å². The van der Waals surface area contributed by atoms with Gasteiger partial charge in [0.25, 0.3) is 5.91 Å². The molecule has 0 saturated carbocycles. The molecule has 0 unspecified atom stereocenters. The van der Waals surface area contributed by atoms with Crippen LogP contribution in [-0.2, 0) is 26.0 Å². The largest absolute Gasteiger partial charge is 0.434 e. The van der Waals surface area contributed by atoms with Crippen molar-refractivity contribution in [2.75, 3.05) is 24.5 Å². The molecule has 2 amide bonds. The summed E-state index contributed by atoms with van der Waals surface area (Å²) in [6.07, 6.45) is -2.91. The van der Waals surface area contributed by atoms with Crippen LogP contribution in [0, 0.1) is 11.7 Å². The van der Waals surface area contributed by atoms with Gasteiger partial charge >= 0.3 is 6.09 Å². The summed E-state index contributed by atoms with van der Waals surface area (Å²) in [5.74, 6) is -1.25. The first-order valence-corrected chi connectivity index (χ1v) is 14.8. The zero-order chi connectivity index (χ0) is 29.6. The van der Waals surface area contributed by atoms with Crippen molar-refractivity contribution in [1.29, 1.82) is 0 Å². The van der Waals surface area contributed by atoms with Gasteiger partial charge in [0.2, 0.25) is 10.0 Å². The number of amides is 2. The number of aliphatic hydroxyl groups excluding tert-OH is 1. The SMILES string of the molecule is CC(C)CN(C[C@@H](O)[C@H](Cc1ccccc1)NC(=O)[C@@H]1CN(c2ccccc2)C(=O)O1)S(=O)(=O)c1ccc(F)cc1. The quantitative estimate of drug-likeness (QED) is 0.337. The number of carbonyl (C=O) groups is 2. The van der Waals surface area contributed by atoms with E-state index in [0.717, 1.165) is 22.0 Å². The highest BCUT2D eigenvalue weighted by Gasteiger charge is 2.39. The molecule has 1 fully saturated rings. The third kappa shape index (κ3) is 7.69. The van der Waals surface area contributed by atoms with E-state index in [-0.39, 0.29) is 36.9 Å². The number of para-hydroxylation sites is 1. The predicted octanol–water partition coefficient (Wildman–Crippen LogP) is 3.59. The number of ether oxygens (including phenoxy) is 1. The van der Waals surface area contributed by atoms with Gasteiger partial charge < -0.3 is 15.2 Å². The minimum absolute atomic E-state index is 0.0126. The Labute approximate surface area is 239 Å². The molecule has 1 aliphatic heterocycles. The van der Waals surface area contributed by atoms with E-state index in [1.165, 1.54) is 17.0 Å². The van der Waals surface area contributed by atoms with E-state index in [9.17, 15) is 27.5 Å². The minimum Gasteiger partial charge on any atom is -0.434 e. The van der Waals surface area contributed by atoms with E-state index >= 15 is 0 Å². The van der Waals surface area contributed by atoms with E-state index in [4.69, 9.17) is 4.74 Å². The molecule has 3 atom stereocenters. The highest BCUT2D eigenvalue weighted by Crippen LogP contribution is 2.23. The van der Waals surface area contributed by atoms with E-state index in [0.29, 0.717) is 5.69 Å². The Morgan fingerprint density at radius 2 is 1.63 bits per heavy atom. The maximum atomic E-state index is 13.5. The van der Waals surface area contributed by atoms with Crippen LogP contribution in [0.4, 0.5) is 14.9 Å². The molecule has 0 aliphatic carbocycles. The lowest BCUT2D eigenvalue weighted by molar-refractivity contribution is -0.129. The number of halogens is 1. The summed E-state index contributed by atoms with van der Waals surface area (Å²) in [6, 6.07) is 21.5. The Morgan fingerprint density at radius 1 is 1.02 bits per heavy atom. The number of aliphatic hydroxyl groups is 1. The molecule has 0 bridgehead atoms. The van der Waals surface area contributed by atoms with E-state index < -0.39 is 46.1 Å². The lowest BCUT2D eigenvalue weighted by Gasteiger charge is -2.31. The van der Waals surface area contributed by atoms with Crippen molar-refractivity contribution >= 4 is 27.7 Å². The van der Waals surface area contributed by atoms with Gasteiger partial charge in [-0.1, -0.05) is 62.4 Å². The molecule has 4 rings (SSSR count). The second kappa shape index (κ2) is 13.2. The third-order valence-corrected chi connectivity index (χ3v) is 8.52. The van der Waals surface area contributed by atoms with Gasteiger partial charge in [-0.15, -0.1) is 0 Å². The maximum absolute atomic E-state index is 13.5. The molecule has 11 heteroatoms. The van der Waals surface area contributed by atoms with Crippen LogP contribution in [0.1, 0.15) is 19.4 Å². The van der Waals surface area contributed by atoms with Crippen LogP contribution in [-0.4, -0.2) is 67.7 Å². The number of cyclic esters (lactones) is 1. The van der Waals surface area contributed by atoms with Gasteiger partial charge in [0.15, 0.2) is 6.10 Å². The number of hydrogen-bond acceptors (Lipinski definition) is 6. The van der Waals surface area contributed by atoms with Crippen molar-refractivity contribution in [3.63, 3.8) is 0 Å². The number of benzene rings is 3. The summed E-state index contributed by atoms with van der Waals surface area (Å²) in [6.45, 7) is 3.44. The van der Waals surface area contributed by atoms with Crippen molar-refractivity contribution in [2.24, 2.45) is 5.92 Å². The van der Waals surface area contributed by atoms with Gasteiger partial charge in [0.05, 0.1) is 23.6 Å². The lowest BCUT2D eigenvalue weighted by atomic mass is 10.0. The Bertz CT molecular complexity index is 1420. The minimum atomic E-state index is -4.09. The fourth-order valence-corrected chi connectivity index (χ4v) is 6.24. The average molecular weight is 584 g/mol. The molecular weight excluding hydrogens is 549 g/mol. The summed E-state index contributed by atoms with van der Waals surface area (Å²) < 4.78 is 46.9. The molecule has 0 radical (unpaired) electrons. The molecule has 0 aromatic heterocycles. The molecule has 9 nitrogen and oxygen atoms in total. The van der Waals surface area contributed by atoms with Crippen LogP contribution in [0.15, 0.2) is 89.8 Å². The van der Waals surface area contributed by atoms with Crippen LogP contribution in [0.2, 0.25) is 0 Å². The second-order valence-corrected chi connectivity index (χ2v) is 12.3. The van der Waals surface area contributed by atoms with Crippen LogP contribution in [0.25, 0.3) is 0 Å². The van der Waals surface area contributed by atoms with Crippen LogP contribution < -0.4 is 10.2 Å². The van der Waals surface area contributed by atoms with Gasteiger partial charge in [-0.2, -0.15) is 4.31 Å². The number of rotatable bonds is 12. The number of anilines is 1. The summed E-state index contributed by atoms with van der Waals surface area (Å²) >= 11 is 0. The van der Waals surface area contributed by atoms with Gasteiger partial charge in [-0.25, -0.2) is 17.6 Å². The topological polar surface area (TPSA) is 116 Å². The number of nitrogens with one attached hydrogen (secondary N) is 1. The summed E-state index contributed by atoms with van der Waals surface area (Å²) in [5, 5.41) is 14.2. The van der Waals surface area contributed by atoms with Crippen LogP contribution in [0.3, 0.4) is 0 Å². The molecule has 218 valence electrons. The van der Waals surface area contributed by atoms with Crippen molar-refractivity contribution in [3.05, 3.63) is 96.3 Å². The second-order valence-electron chi connectivity index (χ2n) is 10.4. The lowest BCUT2D eigenvalue weighted by Crippen LogP contribution is -2.53. The Morgan fingerprint density at radius 3 is 2.24 bits per heavy atom. The predicted molar refractivity (Wildman–Crippen MR) is 152 cm³/mol. The average Bonchev–Trinajstić information content (AvgIpc) is 3.35. The number of carbonyl (C=O) groups excluding carboxylic acids is 2. The fourth-order valence-electron chi connectivity index (χ4n) is 4.61. The normalized spacial score (nSPS) is 17.0. The van der Waals surface area contributed by atoms with Crippen LogP contribution in [0.5, 0.6) is 0 Å². The summed E-state index contributed by atoms with van der Waals surface area (Å²) in [4.78, 5) is 27.0. The molecule has 3 aromatic carbocycles. The smallest absolute Gasteiger partial charge is 0.415 e. The van der Waals surface area contributed by atoms with Crippen LogP contribution >= 0.6 is 0 Å². The molecule has 1 heterocycles. The highest BCUT2D eigenvalue weighted by atomic mass is 32.2. The first-order chi connectivity index (χ1) is 19.5. The highest BCUT2D eigenvalue weighted by molar-refractivity contribution is 7.89. The maximum Gasteiger partial charge on any atom is 0.415 e. The molecule has 0 spiro atoms. The van der Waals surface area contributed by atoms with Crippen molar-refractivity contribution < 1.29 is 32.2 Å². The Balaban J connectivity index is 1.54. The van der Waals surface area contributed by atoms with Gasteiger partial charge in [0.1, 0.15) is 5.82 Å². The molecular formula is C30H34FN3O6S. The van der Waals surface area contributed by atoms with Crippen molar-refractivity contribution in [2.45, 2.75) is 43.4 Å². The first-order valence-electron chi connectivity index (χ1n) is 13.4. The Hall–Kier alpha value is -3.80. The third-order valence-electron chi connectivity index (χ3n) is 6.67. The molecule has 1 saturated heterocycles. The molecule has 1 aliphatic rings.